The van der Waals surface area contributed by atoms with E-state index < -0.39 is 30.3 Å². The number of anilines is 1. The number of rotatable bonds is 8. The third-order valence-corrected chi connectivity index (χ3v) is 11.6. The van der Waals surface area contributed by atoms with Gasteiger partial charge < -0.3 is 10.6 Å². The van der Waals surface area contributed by atoms with Gasteiger partial charge in [-0.1, -0.05) is 11.6 Å². The number of sulfone groups is 1. The van der Waals surface area contributed by atoms with Gasteiger partial charge in [-0.15, -0.1) is 11.3 Å². The molecule has 0 bridgehead atoms. The zero-order valence-electron chi connectivity index (χ0n) is 21.0. The van der Waals surface area contributed by atoms with Crippen LogP contribution in [0.1, 0.15) is 33.6 Å². The summed E-state index contributed by atoms with van der Waals surface area (Å²) in [6.07, 6.45) is 0.882. The number of hydrogen-bond acceptors (Lipinski definition) is 7. The number of alkyl halides is 3. The molecule has 1 amide bonds. The highest BCUT2D eigenvalue weighted by Crippen LogP contribution is 2.33. The van der Waals surface area contributed by atoms with Crippen molar-refractivity contribution in [3.63, 3.8) is 0 Å². The minimum Gasteiger partial charge on any atom is -0.382 e. The van der Waals surface area contributed by atoms with Crippen LogP contribution in [0.5, 0.6) is 0 Å². The van der Waals surface area contributed by atoms with E-state index in [0.717, 1.165) is 23.5 Å². The van der Waals surface area contributed by atoms with Gasteiger partial charge in [0.15, 0.2) is 0 Å². The largest absolute Gasteiger partial charge is 0.501 e. The summed E-state index contributed by atoms with van der Waals surface area (Å²) in [5, 5.41) is 6.45. The minimum atomic E-state index is -5.44. The quantitative estimate of drug-likeness (QED) is 0.352. The van der Waals surface area contributed by atoms with Crippen LogP contribution >= 0.6 is 22.9 Å². The number of piperidine rings is 1. The predicted octanol–water partition coefficient (Wildman–Crippen LogP) is 5.20. The summed E-state index contributed by atoms with van der Waals surface area (Å²) in [7, 11) is -9.20. The number of carbonyl (C=O) groups excluding carboxylic acids is 1. The van der Waals surface area contributed by atoms with Gasteiger partial charge in [-0.05, 0) is 79.9 Å². The molecule has 2 heterocycles. The number of sulfonamides is 1. The molecule has 1 aromatic heterocycles. The van der Waals surface area contributed by atoms with Crippen LogP contribution in [0.3, 0.4) is 0 Å². The van der Waals surface area contributed by atoms with Crippen molar-refractivity contribution in [2.24, 2.45) is 0 Å². The summed E-state index contributed by atoms with van der Waals surface area (Å²) in [5.74, 6) is -0.309. The van der Waals surface area contributed by atoms with Crippen LogP contribution in [0.2, 0.25) is 5.02 Å². The van der Waals surface area contributed by atoms with Gasteiger partial charge in [-0.2, -0.15) is 17.5 Å². The molecule has 0 saturated carbocycles. The van der Waals surface area contributed by atoms with E-state index in [4.69, 9.17) is 11.6 Å². The SMILES string of the molecule is Cc1cc(S(=O)(=O)C(F)(F)F)ccc1NC1CCN(S(=O)(=O)c2ccc(CNC(=O)c3ccc(Cl)cc3)s2)CC1. The molecule has 1 fully saturated rings. The Morgan fingerprint density at radius 1 is 1.02 bits per heavy atom. The van der Waals surface area contributed by atoms with Crippen LogP contribution in [0.4, 0.5) is 18.9 Å². The highest BCUT2D eigenvalue weighted by molar-refractivity contribution is 7.92. The van der Waals surface area contributed by atoms with Gasteiger partial charge >= 0.3 is 5.51 Å². The number of amides is 1. The van der Waals surface area contributed by atoms with Gasteiger partial charge in [0.2, 0.25) is 0 Å². The fourth-order valence-electron chi connectivity index (χ4n) is 4.15. The molecule has 15 heteroatoms. The van der Waals surface area contributed by atoms with Gasteiger partial charge in [0, 0.05) is 40.3 Å². The standard InChI is InChI=1S/C25H25ClF3N3O5S3/c1-16-14-21(39(34,35)25(27,28)29)7-8-22(16)31-19-10-12-32(13-11-19)40(36,37)23-9-6-20(38-23)15-30-24(33)17-2-4-18(26)5-3-17/h2-9,14,19,31H,10-13,15H2,1H3,(H,30,33). The molecule has 0 aliphatic carbocycles. The van der Waals surface area contributed by atoms with Crippen LogP contribution in [0, 0.1) is 6.92 Å². The minimum absolute atomic E-state index is 0.155. The molecule has 2 aromatic carbocycles. The highest BCUT2D eigenvalue weighted by Gasteiger charge is 2.47. The fourth-order valence-corrected chi connectivity index (χ4v) is 8.04. The number of carbonyl (C=O) groups is 1. The first-order chi connectivity index (χ1) is 18.7. The van der Waals surface area contributed by atoms with Gasteiger partial charge in [0.1, 0.15) is 4.21 Å². The van der Waals surface area contributed by atoms with E-state index in [1.807, 2.05) is 0 Å². The topological polar surface area (TPSA) is 113 Å². The van der Waals surface area contributed by atoms with Crippen molar-refractivity contribution in [2.75, 3.05) is 18.4 Å². The van der Waals surface area contributed by atoms with Gasteiger partial charge in [0.25, 0.3) is 25.8 Å². The van der Waals surface area contributed by atoms with Crippen molar-refractivity contribution < 1.29 is 34.8 Å². The number of halogens is 4. The molecular formula is C25H25ClF3N3O5S3. The Hall–Kier alpha value is -2.65. The summed E-state index contributed by atoms with van der Waals surface area (Å²) >= 11 is 6.91. The number of aryl methyl sites for hydroxylation is 1. The molecule has 2 N–H and O–H groups in total. The Labute approximate surface area is 239 Å². The smallest absolute Gasteiger partial charge is 0.382 e. The van der Waals surface area contributed by atoms with Crippen LogP contribution in [-0.2, 0) is 26.4 Å². The first kappa shape index (κ1) is 30.3. The third kappa shape index (κ3) is 6.62. The monoisotopic (exact) mass is 635 g/mol. The fraction of sp³-hybridized carbons (Fsp3) is 0.320. The molecule has 40 heavy (non-hydrogen) atoms. The third-order valence-electron chi connectivity index (χ3n) is 6.39. The van der Waals surface area contributed by atoms with Gasteiger partial charge in [-0.3, -0.25) is 4.79 Å². The van der Waals surface area contributed by atoms with Crippen molar-refractivity contribution in [3.8, 4) is 0 Å². The predicted molar refractivity (Wildman–Crippen MR) is 147 cm³/mol. The maximum atomic E-state index is 13.2. The maximum absolute atomic E-state index is 13.2. The molecule has 0 radical (unpaired) electrons. The number of benzene rings is 2. The first-order valence-corrected chi connectivity index (χ1v) is 16.1. The molecule has 0 spiro atoms. The van der Waals surface area contributed by atoms with Gasteiger partial charge in [0.05, 0.1) is 11.4 Å². The van der Waals surface area contributed by atoms with Crippen molar-refractivity contribution in [1.82, 2.24) is 9.62 Å². The molecule has 3 aromatic rings. The lowest BCUT2D eigenvalue weighted by Gasteiger charge is -2.32. The molecule has 0 atom stereocenters. The summed E-state index contributed by atoms with van der Waals surface area (Å²) in [6, 6.07) is 12.6. The second-order valence-electron chi connectivity index (χ2n) is 9.16. The molecule has 0 unspecified atom stereocenters. The molecular weight excluding hydrogens is 611 g/mol. The van der Waals surface area contributed by atoms with Crippen molar-refractivity contribution in [3.05, 3.63) is 75.6 Å². The second-order valence-corrected chi connectivity index (χ2v) is 14.9. The van der Waals surface area contributed by atoms with E-state index in [-0.39, 0.29) is 35.8 Å². The van der Waals surface area contributed by atoms with E-state index in [0.29, 0.717) is 39.6 Å². The van der Waals surface area contributed by atoms with E-state index in [9.17, 15) is 34.8 Å². The van der Waals surface area contributed by atoms with Crippen molar-refractivity contribution in [1.29, 1.82) is 0 Å². The van der Waals surface area contributed by atoms with E-state index in [1.165, 1.54) is 23.4 Å². The normalized spacial score (nSPS) is 15.6. The summed E-state index contributed by atoms with van der Waals surface area (Å²) in [6.45, 7) is 2.11. The summed E-state index contributed by atoms with van der Waals surface area (Å²) in [5.41, 5.74) is -4.15. The first-order valence-electron chi connectivity index (χ1n) is 12.0. The highest BCUT2D eigenvalue weighted by atomic mass is 35.5. The maximum Gasteiger partial charge on any atom is 0.501 e. The number of thiophene rings is 1. The Balaban J connectivity index is 1.33. The molecule has 1 saturated heterocycles. The second kappa shape index (κ2) is 11.7. The van der Waals surface area contributed by atoms with Gasteiger partial charge in [-0.25, -0.2) is 16.8 Å². The lowest BCUT2D eigenvalue weighted by atomic mass is 10.1. The zero-order valence-corrected chi connectivity index (χ0v) is 24.2. The van der Waals surface area contributed by atoms with E-state index in [1.54, 1.807) is 30.3 Å². The van der Waals surface area contributed by atoms with E-state index in [2.05, 4.69) is 10.6 Å². The number of nitrogens with one attached hydrogen (secondary N) is 2. The molecule has 4 rings (SSSR count). The van der Waals surface area contributed by atoms with Crippen LogP contribution < -0.4 is 10.6 Å². The average molecular weight is 636 g/mol. The molecule has 1 aliphatic heterocycles. The molecule has 216 valence electrons. The van der Waals surface area contributed by atoms with Crippen LogP contribution in [-0.4, -0.2) is 51.7 Å². The van der Waals surface area contributed by atoms with Crippen LogP contribution in [0.15, 0.2) is 63.7 Å². The lowest BCUT2D eigenvalue weighted by molar-refractivity contribution is -0.0436. The number of nitrogens with zero attached hydrogens (tertiary/aromatic N) is 1. The number of hydrogen-bond donors (Lipinski definition) is 2. The average Bonchev–Trinajstić information content (AvgIpc) is 3.38. The van der Waals surface area contributed by atoms with Crippen molar-refractivity contribution >= 4 is 54.4 Å². The Morgan fingerprint density at radius 3 is 2.27 bits per heavy atom. The zero-order chi connectivity index (χ0) is 29.3. The lowest BCUT2D eigenvalue weighted by Crippen LogP contribution is -2.42. The summed E-state index contributed by atoms with van der Waals surface area (Å²) in [4.78, 5) is 12.1. The van der Waals surface area contributed by atoms with Crippen molar-refractivity contribution in [2.45, 2.75) is 47.0 Å². The molecule has 1 aliphatic rings. The van der Waals surface area contributed by atoms with Crippen LogP contribution in [0.25, 0.3) is 0 Å². The molecule has 8 nitrogen and oxygen atoms in total. The Bertz CT molecular complexity index is 1600. The summed E-state index contributed by atoms with van der Waals surface area (Å²) < 4.78 is 89.8. The Morgan fingerprint density at radius 2 is 1.68 bits per heavy atom. The Kier molecular flexibility index (Phi) is 8.85. The van der Waals surface area contributed by atoms with E-state index >= 15 is 0 Å².